The number of carbonyl (C=O) groups excluding carboxylic acids is 1. The average molecular weight is 469 g/mol. The Hall–Kier alpha value is -3.52. The van der Waals surface area contributed by atoms with Gasteiger partial charge in [0.25, 0.3) is 10.0 Å². The summed E-state index contributed by atoms with van der Waals surface area (Å²) in [6.45, 7) is 4.86. The van der Waals surface area contributed by atoms with Gasteiger partial charge in [0.05, 0.1) is 18.1 Å². The average Bonchev–Trinajstić information content (AvgIpc) is 2.80. The number of amides is 1. The van der Waals surface area contributed by atoms with Gasteiger partial charge in [0, 0.05) is 17.8 Å². The summed E-state index contributed by atoms with van der Waals surface area (Å²) >= 11 is 0. The Kier molecular flexibility index (Phi) is 8.32. The number of nitrogens with one attached hydrogen (secondary N) is 2. The van der Waals surface area contributed by atoms with Crippen molar-refractivity contribution >= 4 is 27.3 Å². The Labute approximate surface area is 194 Å². The van der Waals surface area contributed by atoms with Crippen molar-refractivity contribution in [3.05, 3.63) is 78.4 Å². The number of carbonyl (C=O) groups is 1. The summed E-state index contributed by atoms with van der Waals surface area (Å²) in [5.41, 5.74) is 2.12. The summed E-state index contributed by atoms with van der Waals surface area (Å²) in [5.74, 6) is 1.28. The van der Waals surface area contributed by atoms with Gasteiger partial charge in [0.2, 0.25) is 5.91 Å². The van der Waals surface area contributed by atoms with Crippen LogP contribution in [0.25, 0.3) is 0 Å². The Bertz CT molecular complexity index is 1140. The SMILES string of the molecule is CCOc1ccc(NS(=O)(=O)c2ccc(NC(=O)CCCOc3ccc(C)cc3)cc2)cc1. The Morgan fingerprint density at radius 1 is 0.818 bits per heavy atom. The molecule has 0 aromatic heterocycles. The molecular weight excluding hydrogens is 440 g/mol. The maximum Gasteiger partial charge on any atom is 0.261 e. The van der Waals surface area contributed by atoms with Gasteiger partial charge in [-0.2, -0.15) is 0 Å². The van der Waals surface area contributed by atoms with Crippen molar-refractivity contribution in [2.75, 3.05) is 23.3 Å². The first-order valence-corrected chi connectivity index (χ1v) is 12.2. The molecule has 0 saturated heterocycles. The summed E-state index contributed by atoms with van der Waals surface area (Å²) in [4.78, 5) is 12.3. The largest absolute Gasteiger partial charge is 0.494 e. The van der Waals surface area contributed by atoms with E-state index in [0.717, 1.165) is 11.3 Å². The van der Waals surface area contributed by atoms with Gasteiger partial charge in [-0.1, -0.05) is 17.7 Å². The zero-order chi connectivity index (χ0) is 23.7. The molecule has 0 radical (unpaired) electrons. The van der Waals surface area contributed by atoms with Crippen LogP contribution in [0.5, 0.6) is 11.5 Å². The number of aryl methyl sites for hydroxylation is 1. The third kappa shape index (κ3) is 7.54. The highest BCUT2D eigenvalue weighted by Gasteiger charge is 2.14. The molecule has 0 aliphatic carbocycles. The first kappa shape index (κ1) is 24.1. The number of hydrogen-bond donors (Lipinski definition) is 2. The predicted molar refractivity (Wildman–Crippen MR) is 129 cm³/mol. The minimum absolute atomic E-state index is 0.0980. The molecule has 3 aromatic carbocycles. The molecule has 0 aliphatic rings. The van der Waals surface area contributed by atoms with Gasteiger partial charge < -0.3 is 14.8 Å². The highest BCUT2D eigenvalue weighted by Crippen LogP contribution is 2.21. The third-order valence-electron chi connectivity index (χ3n) is 4.70. The van der Waals surface area contributed by atoms with Crippen LogP contribution in [0.4, 0.5) is 11.4 Å². The van der Waals surface area contributed by atoms with Crippen LogP contribution in [0.15, 0.2) is 77.7 Å². The van der Waals surface area contributed by atoms with E-state index in [1.165, 1.54) is 12.1 Å². The maximum atomic E-state index is 12.6. The monoisotopic (exact) mass is 468 g/mol. The maximum absolute atomic E-state index is 12.6. The van der Waals surface area contributed by atoms with Crippen molar-refractivity contribution in [1.29, 1.82) is 0 Å². The predicted octanol–water partition coefficient (Wildman–Crippen LogP) is 4.99. The van der Waals surface area contributed by atoms with Crippen molar-refractivity contribution < 1.29 is 22.7 Å². The molecule has 0 bridgehead atoms. The molecule has 1 amide bonds. The van der Waals surface area contributed by atoms with Gasteiger partial charge in [-0.3, -0.25) is 9.52 Å². The lowest BCUT2D eigenvalue weighted by Gasteiger charge is -2.10. The van der Waals surface area contributed by atoms with E-state index in [1.54, 1.807) is 36.4 Å². The second-order valence-electron chi connectivity index (χ2n) is 7.40. The second-order valence-corrected chi connectivity index (χ2v) is 9.08. The quantitative estimate of drug-likeness (QED) is 0.387. The van der Waals surface area contributed by atoms with E-state index in [9.17, 15) is 13.2 Å². The van der Waals surface area contributed by atoms with Crippen molar-refractivity contribution in [1.82, 2.24) is 0 Å². The lowest BCUT2D eigenvalue weighted by Crippen LogP contribution is -2.14. The minimum Gasteiger partial charge on any atom is -0.494 e. The fourth-order valence-electron chi connectivity index (χ4n) is 3.00. The number of benzene rings is 3. The molecule has 3 rings (SSSR count). The molecule has 0 saturated carbocycles. The van der Waals surface area contributed by atoms with Crippen LogP contribution < -0.4 is 19.5 Å². The summed E-state index contributed by atoms with van der Waals surface area (Å²) in [5, 5.41) is 2.77. The molecule has 8 heteroatoms. The van der Waals surface area contributed by atoms with E-state index < -0.39 is 10.0 Å². The van der Waals surface area contributed by atoms with Gasteiger partial charge in [0.1, 0.15) is 11.5 Å². The third-order valence-corrected chi connectivity index (χ3v) is 6.10. The van der Waals surface area contributed by atoms with E-state index in [-0.39, 0.29) is 10.8 Å². The first-order chi connectivity index (χ1) is 15.9. The van der Waals surface area contributed by atoms with Crippen LogP contribution in [-0.4, -0.2) is 27.5 Å². The minimum atomic E-state index is -3.75. The fraction of sp³-hybridized carbons (Fsp3) is 0.240. The van der Waals surface area contributed by atoms with Crippen LogP contribution in [0.1, 0.15) is 25.3 Å². The number of anilines is 2. The van der Waals surface area contributed by atoms with Crippen LogP contribution in [-0.2, 0) is 14.8 Å². The first-order valence-electron chi connectivity index (χ1n) is 10.7. The summed E-state index contributed by atoms with van der Waals surface area (Å²) in [6.07, 6.45) is 0.864. The van der Waals surface area contributed by atoms with E-state index in [4.69, 9.17) is 9.47 Å². The molecule has 0 atom stereocenters. The number of ether oxygens (including phenoxy) is 2. The number of hydrogen-bond acceptors (Lipinski definition) is 5. The van der Waals surface area contributed by atoms with E-state index in [2.05, 4.69) is 10.0 Å². The molecular formula is C25H28N2O5S. The zero-order valence-corrected chi connectivity index (χ0v) is 19.5. The molecule has 0 spiro atoms. The Morgan fingerprint density at radius 2 is 1.39 bits per heavy atom. The topological polar surface area (TPSA) is 93.7 Å². The van der Waals surface area contributed by atoms with E-state index in [0.29, 0.717) is 43.2 Å². The van der Waals surface area contributed by atoms with Crippen molar-refractivity contribution in [3.8, 4) is 11.5 Å². The van der Waals surface area contributed by atoms with Gasteiger partial charge >= 0.3 is 0 Å². The molecule has 3 aromatic rings. The lowest BCUT2D eigenvalue weighted by atomic mass is 10.2. The molecule has 0 fully saturated rings. The molecule has 2 N–H and O–H groups in total. The fourth-order valence-corrected chi connectivity index (χ4v) is 4.06. The highest BCUT2D eigenvalue weighted by atomic mass is 32.2. The van der Waals surface area contributed by atoms with Crippen LogP contribution in [0.3, 0.4) is 0 Å². The van der Waals surface area contributed by atoms with Crippen molar-refractivity contribution in [2.24, 2.45) is 0 Å². The van der Waals surface area contributed by atoms with Gasteiger partial charge in [-0.05, 0) is 80.9 Å². The highest BCUT2D eigenvalue weighted by molar-refractivity contribution is 7.92. The summed E-state index contributed by atoms with van der Waals surface area (Å²) in [6, 6.07) is 20.4. The smallest absolute Gasteiger partial charge is 0.261 e. The standard InChI is InChI=1S/C25H28N2O5S/c1-3-31-22-14-8-21(9-15-22)27-33(29,30)24-16-10-20(11-17-24)26-25(28)5-4-18-32-23-12-6-19(2)7-13-23/h6-17,27H,3-5,18H2,1-2H3,(H,26,28). The number of rotatable bonds is 11. The zero-order valence-electron chi connectivity index (χ0n) is 18.7. The van der Waals surface area contributed by atoms with E-state index in [1.807, 2.05) is 38.1 Å². The van der Waals surface area contributed by atoms with Gasteiger partial charge in [-0.15, -0.1) is 0 Å². The molecule has 0 unspecified atom stereocenters. The molecule has 174 valence electrons. The summed E-state index contributed by atoms with van der Waals surface area (Å²) < 4.78 is 38.7. The molecule has 0 aliphatic heterocycles. The lowest BCUT2D eigenvalue weighted by molar-refractivity contribution is -0.116. The normalized spacial score (nSPS) is 11.0. The Morgan fingerprint density at radius 3 is 2.03 bits per heavy atom. The molecule has 0 heterocycles. The van der Waals surface area contributed by atoms with Crippen LogP contribution >= 0.6 is 0 Å². The van der Waals surface area contributed by atoms with Crippen LogP contribution in [0.2, 0.25) is 0 Å². The van der Waals surface area contributed by atoms with Crippen molar-refractivity contribution in [3.63, 3.8) is 0 Å². The summed E-state index contributed by atoms with van der Waals surface area (Å²) in [7, 11) is -3.75. The second kappa shape index (κ2) is 11.4. The van der Waals surface area contributed by atoms with Gasteiger partial charge in [0.15, 0.2) is 0 Å². The van der Waals surface area contributed by atoms with Crippen LogP contribution in [0, 0.1) is 6.92 Å². The van der Waals surface area contributed by atoms with Crippen molar-refractivity contribution in [2.45, 2.75) is 31.6 Å². The number of sulfonamides is 1. The van der Waals surface area contributed by atoms with Gasteiger partial charge in [-0.25, -0.2) is 8.42 Å². The Balaban J connectivity index is 1.47. The molecule has 7 nitrogen and oxygen atoms in total. The molecule has 33 heavy (non-hydrogen) atoms. The van der Waals surface area contributed by atoms with E-state index >= 15 is 0 Å².